The van der Waals surface area contributed by atoms with E-state index in [9.17, 15) is 14.4 Å². The van der Waals surface area contributed by atoms with Crippen molar-refractivity contribution >= 4 is 17.7 Å². The van der Waals surface area contributed by atoms with Gasteiger partial charge < -0.3 is 21.7 Å². The van der Waals surface area contributed by atoms with Crippen LogP contribution in [0.3, 0.4) is 0 Å². The van der Waals surface area contributed by atoms with Gasteiger partial charge in [0.2, 0.25) is 17.7 Å². The molecule has 7 heteroatoms. The molecule has 7 nitrogen and oxygen atoms in total. The molecular weight excluding hydrogens is 272 g/mol. The quantitative estimate of drug-likeness (QED) is 0.449. The number of nitrogens with one attached hydrogen (secondary N) is 3. The summed E-state index contributed by atoms with van der Waals surface area (Å²) in [5.41, 5.74) is 3.97. The normalized spacial score (nSPS) is 17.1. The molecule has 1 aliphatic carbocycles. The van der Waals surface area contributed by atoms with Crippen molar-refractivity contribution in [2.75, 3.05) is 13.1 Å². The van der Waals surface area contributed by atoms with E-state index < -0.39 is 17.4 Å². The minimum absolute atomic E-state index is 0.196. The number of amides is 3. The molecule has 0 heterocycles. The molecule has 3 amide bonds. The molecule has 21 heavy (non-hydrogen) atoms. The van der Waals surface area contributed by atoms with E-state index in [0.29, 0.717) is 12.5 Å². The summed E-state index contributed by atoms with van der Waals surface area (Å²) in [6, 6.07) is 0.427. The van der Waals surface area contributed by atoms with E-state index in [0.717, 1.165) is 12.8 Å². The van der Waals surface area contributed by atoms with Gasteiger partial charge in [-0.05, 0) is 32.1 Å². The maximum Gasteiger partial charge on any atom is 0.245 e. The molecule has 0 aliphatic heterocycles. The molecule has 5 N–H and O–H groups in total. The number of rotatable bonds is 9. The van der Waals surface area contributed by atoms with Crippen LogP contribution >= 0.6 is 0 Å². The second kappa shape index (κ2) is 7.40. The van der Waals surface area contributed by atoms with Crippen molar-refractivity contribution in [2.24, 2.45) is 11.7 Å². The maximum absolute atomic E-state index is 12.2. The fraction of sp³-hybridized carbons (Fsp3) is 0.786. The molecule has 0 radical (unpaired) electrons. The Morgan fingerprint density at radius 3 is 2.33 bits per heavy atom. The van der Waals surface area contributed by atoms with E-state index in [-0.39, 0.29) is 24.9 Å². The Balaban J connectivity index is 2.59. The van der Waals surface area contributed by atoms with Crippen LogP contribution in [-0.4, -0.2) is 42.4 Å². The Hall–Kier alpha value is -1.63. The third-order valence-electron chi connectivity index (χ3n) is 3.28. The van der Waals surface area contributed by atoms with Gasteiger partial charge in [-0.1, -0.05) is 13.8 Å². The largest absolute Gasteiger partial charge is 0.368 e. The van der Waals surface area contributed by atoms with Crippen molar-refractivity contribution in [3.63, 3.8) is 0 Å². The monoisotopic (exact) mass is 298 g/mol. The number of nitrogens with two attached hydrogens (primary N) is 1. The highest BCUT2D eigenvalue weighted by Crippen LogP contribution is 2.19. The van der Waals surface area contributed by atoms with Crippen LogP contribution in [0.2, 0.25) is 0 Å². The minimum atomic E-state index is -1.05. The smallest absolute Gasteiger partial charge is 0.245 e. The van der Waals surface area contributed by atoms with Crippen LogP contribution in [0.4, 0.5) is 0 Å². The molecule has 1 fully saturated rings. The lowest BCUT2D eigenvalue weighted by molar-refractivity contribution is -0.134. The summed E-state index contributed by atoms with van der Waals surface area (Å²) in [5.74, 6) is -1.02. The maximum atomic E-state index is 12.2. The molecule has 1 atom stereocenters. The van der Waals surface area contributed by atoms with Crippen LogP contribution in [-0.2, 0) is 14.4 Å². The van der Waals surface area contributed by atoms with Crippen molar-refractivity contribution in [1.29, 1.82) is 0 Å². The first-order chi connectivity index (χ1) is 9.73. The van der Waals surface area contributed by atoms with Gasteiger partial charge in [-0.3, -0.25) is 14.4 Å². The van der Waals surface area contributed by atoms with Crippen molar-refractivity contribution in [1.82, 2.24) is 16.0 Å². The molecule has 120 valence electrons. The fourth-order valence-electron chi connectivity index (χ4n) is 2.26. The van der Waals surface area contributed by atoms with Crippen LogP contribution in [0.15, 0.2) is 0 Å². The molecule has 0 spiro atoms. The Morgan fingerprint density at radius 2 is 1.86 bits per heavy atom. The first kappa shape index (κ1) is 17.4. The van der Waals surface area contributed by atoms with Crippen LogP contribution in [0.25, 0.3) is 0 Å². The topological polar surface area (TPSA) is 113 Å². The Morgan fingerprint density at radius 1 is 1.24 bits per heavy atom. The first-order valence-corrected chi connectivity index (χ1v) is 7.34. The zero-order chi connectivity index (χ0) is 16.0. The van der Waals surface area contributed by atoms with Gasteiger partial charge in [-0.2, -0.15) is 0 Å². The van der Waals surface area contributed by atoms with E-state index in [4.69, 9.17) is 5.73 Å². The highest BCUT2D eigenvalue weighted by Gasteiger charge is 2.35. The molecule has 0 saturated heterocycles. The Bertz CT molecular complexity index is 407. The zero-order valence-corrected chi connectivity index (χ0v) is 13.0. The second-order valence-corrected chi connectivity index (χ2v) is 6.28. The fourth-order valence-corrected chi connectivity index (χ4v) is 2.26. The number of hydrogen-bond acceptors (Lipinski definition) is 4. The summed E-state index contributed by atoms with van der Waals surface area (Å²) in [7, 11) is 0. The average Bonchev–Trinajstić information content (AvgIpc) is 3.16. The lowest BCUT2D eigenvalue weighted by Crippen LogP contribution is -2.59. The third-order valence-corrected chi connectivity index (χ3v) is 3.28. The van der Waals surface area contributed by atoms with E-state index in [1.807, 2.05) is 13.8 Å². The number of carbonyl (C=O) groups excluding carboxylic acids is 3. The highest BCUT2D eigenvalue weighted by atomic mass is 16.2. The summed E-state index contributed by atoms with van der Waals surface area (Å²) >= 11 is 0. The average molecular weight is 298 g/mol. The number of carbonyl (C=O) groups is 3. The SMILES string of the molecule is CC(C)C[C@@](C)(NC(=O)CNC1CC1)C(=O)NCC(N)=O. The predicted molar refractivity (Wildman–Crippen MR) is 79.2 cm³/mol. The molecular formula is C14H26N4O3. The summed E-state index contributed by atoms with van der Waals surface area (Å²) in [5, 5.41) is 8.33. The molecule has 1 rings (SSSR count). The van der Waals surface area contributed by atoms with Gasteiger partial charge in [-0.15, -0.1) is 0 Å². The minimum Gasteiger partial charge on any atom is -0.368 e. The summed E-state index contributed by atoms with van der Waals surface area (Å²) in [6.45, 7) is 5.56. The van der Waals surface area contributed by atoms with Gasteiger partial charge in [0, 0.05) is 6.04 Å². The lowest BCUT2D eigenvalue weighted by Gasteiger charge is -2.31. The van der Waals surface area contributed by atoms with E-state index in [2.05, 4.69) is 16.0 Å². The van der Waals surface area contributed by atoms with Gasteiger partial charge >= 0.3 is 0 Å². The molecule has 0 aromatic heterocycles. The van der Waals surface area contributed by atoms with Gasteiger partial charge in [-0.25, -0.2) is 0 Å². The van der Waals surface area contributed by atoms with Gasteiger partial charge in [0.1, 0.15) is 5.54 Å². The van der Waals surface area contributed by atoms with Crippen molar-refractivity contribution in [2.45, 2.75) is 51.6 Å². The number of primary amides is 1. The predicted octanol–water partition coefficient (Wildman–Crippen LogP) is -0.739. The number of hydrogen-bond donors (Lipinski definition) is 4. The lowest BCUT2D eigenvalue weighted by atomic mass is 9.89. The highest BCUT2D eigenvalue weighted by molar-refractivity contribution is 5.93. The summed E-state index contributed by atoms with van der Waals surface area (Å²) in [6.07, 6.45) is 2.66. The zero-order valence-electron chi connectivity index (χ0n) is 13.0. The van der Waals surface area contributed by atoms with Gasteiger partial charge in [0.25, 0.3) is 0 Å². The van der Waals surface area contributed by atoms with E-state index >= 15 is 0 Å². The summed E-state index contributed by atoms with van der Waals surface area (Å²) in [4.78, 5) is 35.0. The Labute approximate surface area is 125 Å². The Kier molecular flexibility index (Phi) is 6.14. The molecule has 1 aliphatic rings. The third kappa shape index (κ3) is 6.57. The van der Waals surface area contributed by atoms with Crippen molar-refractivity contribution < 1.29 is 14.4 Å². The van der Waals surface area contributed by atoms with Crippen molar-refractivity contribution in [3.05, 3.63) is 0 Å². The molecule has 0 bridgehead atoms. The molecule has 1 saturated carbocycles. The second-order valence-electron chi connectivity index (χ2n) is 6.28. The molecule has 0 aromatic carbocycles. The van der Waals surface area contributed by atoms with E-state index in [1.54, 1.807) is 6.92 Å². The van der Waals surface area contributed by atoms with Crippen molar-refractivity contribution in [3.8, 4) is 0 Å². The van der Waals surface area contributed by atoms with Gasteiger partial charge in [0.05, 0.1) is 13.1 Å². The standard InChI is InChI=1S/C14H26N4O3/c1-9(2)6-14(3,13(21)17-7-11(15)19)18-12(20)8-16-10-4-5-10/h9-10,16H,4-8H2,1-3H3,(H2,15,19)(H,17,21)(H,18,20)/t14-/m1/s1. The molecule has 0 aromatic rings. The van der Waals surface area contributed by atoms with Crippen LogP contribution in [0, 0.1) is 5.92 Å². The van der Waals surface area contributed by atoms with E-state index in [1.165, 1.54) is 0 Å². The summed E-state index contributed by atoms with van der Waals surface area (Å²) < 4.78 is 0. The van der Waals surface area contributed by atoms with Crippen LogP contribution < -0.4 is 21.7 Å². The van der Waals surface area contributed by atoms with Crippen LogP contribution in [0.5, 0.6) is 0 Å². The molecule has 0 unspecified atom stereocenters. The van der Waals surface area contributed by atoms with Crippen LogP contribution in [0.1, 0.15) is 40.0 Å². The first-order valence-electron chi connectivity index (χ1n) is 7.34. The van der Waals surface area contributed by atoms with Gasteiger partial charge in [0.15, 0.2) is 0 Å².